The Hall–Kier alpha value is -2.65. The van der Waals surface area contributed by atoms with Crippen molar-refractivity contribution >= 4 is 15.9 Å². The second-order valence-electron chi connectivity index (χ2n) is 4.37. The molecule has 0 atom stereocenters. The van der Waals surface area contributed by atoms with Gasteiger partial charge in [0, 0.05) is 5.56 Å². The summed E-state index contributed by atoms with van der Waals surface area (Å²) in [6.07, 6.45) is 0. The number of carbonyl (C=O) groups excluding carboxylic acids is 1. The number of sulfonamides is 1. The SMILES string of the molecule is N#Cc1ccc(C(=O)NS(=O)(=O)Cc2ccccc2)cc1. The van der Waals surface area contributed by atoms with Crippen LogP contribution < -0.4 is 4.72 Å². The van der Waals surface area contributed by atoms with Gasteiger partial charge < -0.3 is 0 Å². The summed E-state index contributed by atoms with van der Waals surface area (Å²) in [5.74, 6) is -0.981. The second kappa shape index (κ2) is 6.20. The lowest BCUT2D eigenvalue weighted by Crippen LogP contribution is -2.31. The molecule has 1 amide bonds. The third-order valence-electron chi connectivity index (χ3n) is 2.72. The van der Waals surface area contributed by atoms with Crippen molar-refractivity contribution in [2.75, 3.05) is 0 Å². The first-order valence-corrected chi connectivity index (χ1v) is 7.74. The zero-order valence-electron chi connectivity index (χ0n) is 11.0. The van der Waals surface area contributed by atoms with E-state index in [-0.39, 0.29) is 11.3 Å². The maximum Gasteiger partial charge on any atom is 0.264 e. The minimum absolute atomic E-state index is 0.186. The molecule has 106 valence electrons. The highest BCUT2D eigenvalue weighted by Gasteiger charge is 2.16. The molecule has 2 aromatic rings. The molecule has 0 radical (unpaired) electrons. The Balaban J connectivity index is 2.09. The largest absolute Gasteiger partial charge is 0.268 e. The number of benzene rings is 2. The first-order valence-electron chi connectivity index (χ1n) is 6.09. The summed E-state index contributed by atoms with van der Waals surface area (Å²) in [6, 6.07) is 16.2. The number of nitrogens with one attached hydrogen (secondary N) is 1. The van der Waals surface area contributed by atoms with E-state index >= 15 is 0 Å². The highest BCUT2D eigenvalue weighted by Crippen LogP contribution is 2.07. The Morgan fingerprint density at radius 1 is 1.05 bits per heavy atom. The van der Waals surface area contributed by atoms with Crippen LogP contribution in [0, 0.1) is 11.3 Å². The highest BCUT2D eigenvalue weighted by molar-refractivity contribution is 7.89. The normalized spacial score (nSPS) is 10.6. The van der Waals surface area contributed by atoms with Crippen molar-refractivity contribution in [2.24, 2.45) is 0 Å². The smallest absolute Gasteiger partial charge is 0.264 e. The summed E-state index contributed by atoms with van der Waals surface area (Å²) in [5, 5.41) is 8.67. The van der Waals surface area contributed by atoms with Gasteiger partial charge in [0.15, 0.2) is 0 Å². The Bertz CT molecular complexity index is 776. The van der Waals surface area contributed by atoms with Crippen molar-refractivity contribution in [3.05, 3.63) is 71.3 Å². The zero-order chi connectivity index (χ0) is 15.3. The number of nitriles is 1. The lowest BCUT2D eigenvalue weighted by atomic mass is 10.1. The van der Waals surface area contributed by atoms with Crippen LogP contribution in [0.4, 0.5) is 0 Å². The second-order valence-corrected chi connectivity index (χ2v) is 6.09. The van der Waals surface area contributed by atoms with Gasteiger partial charge in [-0.05, 0) is 29.8 Å². The van der Waals surface area contributed by atoms with E-state index in [1.807, 2.05) is 10.8 Å². The van der Waals surface area contributed by atoms with E-state index in [9.17, 15) is 13.2 Å². The van der Waals surface area contributed by atoms with E-state index in [1.54, 1.807) is 30.3 Å². The van der Waals surface area contributed by atoms with Crippen molar-refractivity contribution in [1.82, 2.24) is 4.72 Å². The molecule has 0 saturated carbocycles. The summed E-state index contributed by atoms with van der Waals surface area (Å²) in [6.45, 7) is 0. The number of carbonyl (C=O) groups is 1. The van der Waals surface area contributed by atoms with Crippen LogP contribution in [0.15, 0.2) is 54.6 Å². The average molecular weight is 300 g/mol. The first kappa shape index (κ1) is 14.8. The van der Waals surface area contributed by atoms with Gasteiger partial charge in [0.2, 0.25) is 10.0 Å². The van der Waals surface area contributed by atoms with E-state index in [1.165, 1.54) is 24.3 Å². The van der Waals surface area contributed by atoms with Crippen LogP contribution in [0.1, 0.15) is 21.5 Å². The van der Waals surface area contributed by atoms with Crippen LogP contribution in [0.25, 0.3) is 0 Å². The molecular formula is C15H12N2O3S. The lowest BCUT2D eigenvalue weighted by molar-refractivity contribution is 0.0981. The average Bonchev–Trinajstić information content (AvgIpc) is 2.47. The molecule has 0 aliphatic rings. The van der Waals surface area contributed by atoms with Crippen LogP contribution in [0.5, 0.6) is 0 Å². The van der Waals surface area contributed by atoms with Gasteiger partial charge in [0.25, 0.3) is 5.91 Å². The van der Waals surface area contributed by atoms with Crippen molar-refractivity contribution in [2.45, 2.75) is 5.75 Å². The molecule has 0 aromatic heterocycles. The van der Waals surface area contributed by atoms with E-state index < -0.39 is 15.9 Å². The summed E-state index contributed by atoms with van der Waals surface area (Å²) in [5.41, 5.74) is 1.18. The summed E-state index contributed by atoms with van der Waals surface area (Å²) < 4.78 is 25.9. The van der Waals surface area contributed by atoms with Gasteiger partial charge in [-0.3, -0.25) is 4.79 Å². The topological polar surface area (TPSA) is 87.0 Å². The van der Waals surface area contributed by atoms with Gasteiger partial charge in [0.05, 0.1) is 17.4 Å². The first-order chi connectivity index (χ1) is 10.00. The molecule has 0 heterocycles. The molecule has 1 N–H and O–H groups in total. The molecule has 0 saturated heterocycles. The monoisotopic (exact) mass is 300 g/mol. The minimum atomic E-state index is -3.76. The fourth-order valence-electron chi connectivity index (χ4n) is 1.73. The van der Waals surface area contributed by atoms with Crippen molar-refractivity contribution < 1.29 is 13.2 Å². The molecule has 0 aliphatic heterocycles. The maximum atomic E-state index is 11.9. The number of hydrogen-bond acceptors (Lipinski definition) is 4. The van der Waals surface area contributed by atoms with Gasteiger partial charge in [-0.25, -0.2) is 13.1 Å². The van der Waals surface area contributed by atoms with Crippen LogP contribution in [-0.2, 0) is 15.8 Å². The van der Waals surface area contributed by atoms with Crippen molar-refractivity contribution in [1.29, 1.82) is 5.26 Å². The molecular weight excluding hydrogens is 288 g/mol. The molecule has 0 unspecified atom stereocenters. The summed E-state index contributed by atoms with van der Waals surface area (Å²) in [4.78, 5) is 11.9. The lowest BCUT2D eigenvalue weighted by Gasteiger charge is -2.07. The number of amides is 1. The fraction of sp³-hybridized carbons (Fsp3) is 0.0667. The van der Waals surface area contributed by atoms with E-state index in [0.29, 0.717) is 11.1 Å². The van der Waals surface area contributed by atoms with E-state index in [0.717, 1.165) is 0 Å². The van der Waals surface area contributed by atoms with Crippen LogP contribution in [0.3, 0.4) is 0 Å². The molecule has 0 bridgehead atoms. The number of nitrogens with zero attached hydrogens (tertiary/aromatic N) is 1. The summed E-state index contributed by atoms with van der Waals surface area (Å²) in [7, 11) is -3.76. The summed E-state index contributed by atoms with van der Waals surface area (Å²) >= 11 is 0. The van der Waals surface area contributed by atoms with Crippen LogP contribution >= 0.6 is 0 Å². The predicted octanol–water partition coefficient (Wildman–Crippen LogP) is 1.82. The van der Waals surface area contributed by atoms with E-state index in [2.05, 4.69) is 0 Å². The van der Waals surface area contributed by atoms with Crippen LogP contribution in [-0.4, -0.2) is 14.3 Å². The minimum Gasteiger partial charge on any atom is -0.268 e. The molecule has 0 spiro atoms. The Labute approximate surface area is 122 Å². The third kappa shape index (κ3) is 4.16. The number of hydrogen-bond donors (Lipinski definition) is 1. The Morgan fingerprint density at radius 3 is 2.24 bits per heavy atom. The van der Waals surface area contributed by atoms with Gasteiger partial charge in [-0.15, -0.1) is 0 Å². The van der Waals surface area contributed by atoms with Crippen LogP contribution in [0.2, 0.25) is 0 Å². The molecule has 2 rings (SSSR count). The third-order valence-corrected chi connectivity index (χ3v) is 3.93. The zero-order valence-corrected chi connectivity index (χ0v) is 11.8. The quantitative estimate of drug-likeness (QED) is 0.933. The predicted molar refractivity (Wildman–Crippen MR) is 77.7 cm³/mol. The Kier molecular flexibility index (Phi) is 4.36. The highest BCUT2D eigenvalue weighted by atomic mass is 32.2. The molecule has 21 heavy (non-hydrogen) atoms. The molecule has 0 fully saturated rings. The molecule has 2 aromatic carbocycles. The molecule has 5 nitrogen and oxygen atoms in total. The maximum absolute atomic E-state index is 11.9. The standard InChI is InChI=1S/C15H12N2O3S/c16-10-12-6-8-14(9-7-12)15(18)17-21(19,20)11-13-4-2-1-3-5-13/h1-9H,11H2,(H,17,18). The van der Waals surface area contributed by atoms with Gasteiger partial charge in [-0.2, -0.15) is 5.26 Å². The van der Waals surface area contributed by atoms with Gasteiger partial charge in [0.1, 0.15) is 0 Å². The van der Waals surface area contributed by atoms with Crippen molar-refractivity contribution in [3.8, 4) is 6.07 Å². The molecule has 6 heteroatoms. The molecule has 0 aliphatic carbocycles. The fourth-order valence-corrected chi connectivity index (χ4v) is 2.83. The van der Waals surface area contributed by atoms with Gasteiger partial charge in [-0.1, -0.05) is 30.3 Å². The van der Waals surface area contributed by atoms with E-state index in [4.69, 9.17) is 5.26 Å². The van der Waals surface area contributed by atoms with Crippen molar-refractivity contribution in [3.63, 3.8) is 0 Å². The number of rotatable bonds is 4. The van der Waals surface area contributed by atoms with Gasteiger partial charge >= 0.3 is 0 Å². The Morgan fingerprint density at radius 2 is 1.67 bits per heavy atom.